The summed E-state index contributed by atoms with van der Waals surface area (Å²) in [4.78, 5) is 0. The van der Waals surface area contributed by atoms with Gasteiger partial charge in [0.15, 0.2) is 0 Å². The van der Waals surface area contributed by atoms with Crippen molar-refractivity contribution in [3.63, 3.8) is 0 Å². The summed E-state index contributed by atoms with van der Waals surface area (Å²) in [5.74, 6) is 0. The van der Waals surface area contributed by atoms with Crippen LogP contribution in [0.2, 0.25) is 0 Å². The SMILES string of the molecule is C=C1CNN=C1C. The molecule has 0 atom stereocenters. The first kappa shape index (κ1) is 4.37. The lowest BCUT2D eigenvalue weighted by Gasteiger charge is -1.84. The molecule has 0 bridgehead atoms. The molecule has 0 unspecified atom stereocenters. The van der Waals surface area contributed by atoms with Gasteiger partial charge >= 0.3 is 0 Å². The van der Waals surface area contributed by atoms with Crippen LogP contribution in [0.4, 0.5) is 0 Å². The van der Waals surface area contributed by atoms with Crippen molar-refractivity contribution in [2.75, 3.05) is 6.54 Å². The van der Waals surface area contributed by atoms with E-state index in [1.54, 1.807) is 0 Å². The minimum absolute atomic E-state index is 0.825. The van der Waals surface area contributed by atoms with Crippen molar-refractivity contribution >= 4 is 5.71 Å². The van der Waals surface area contributed by atoms with Crippen LogP contribution in [0.3, 0.4) is 0 Å². The van der Waals surface area contributed by atoms with E-state index in [-0.39, 0.29) is 0 Å². The average Bonchev–Trinajstić information content (AvgIpc) is 1.91. The van der Waals surface area contributed by atoms with Gasteiger partial charge in [-0.05, 0) is 12.5 Å². The van der Waals surface area contributed by atoms with Gasteiger partial charge in [0.05, 0.1) is 12.3 Å². The Hall–Kier alpha value is -0.790. The Morgan fingerprint density at radius 3 is 2.71 bits per heavy atom. The molecule has 1 rings (SSSR count). The quantitative estimate of drug-likeness (QED) is 0.467. The molecule has 2 heteroatoms. The van der Waals surface area contributed by atoms with Gasteiger partial charge in [0.2, 0.25) is 0 Å². The van der Waals surface area contributed by atoms with Gasteiger partial charge in [-0.1, -0.05) is 6.58 Å². The fourth-order valence-electron chi connectivity index (χ4n) is 0.461. The van der Waals surface area contributed by atoms with E-state index in [0.29, 0.717) is 0 Å². The molecule has 0 amide bonds. The zero-order valence-corrected chi connectivity index (χ0v) is 4.36. The second kappa shape index (κ2) is 1.37. The largest absolute Gasteiger partial charge is 0.305 e. The first-order valence-electron chi connectivity index (χ1n) is 2.26. The van der Waals surface area contributed by atoms with E-state index in [2.05, 4.69) is 17.1 Å². The van der Waals surface area contributed by atoms with E-state index in [0.717, 1.165) is 17.8 Å². The van der Waals surface area contributed by atoms with Crippen LogP contribution in [0, 0.1) is 0 Å². The molecule has 1 aliphatic rings. The Morgan fingerprint density at radius 2 is 2.57 bits per heavy atom. The smallest absolute Gasteiger partial charge is 0.0616 e. The van der Waals surface area contributed by atoms with Crippen LogP contribution in [-0.2, 0) is 0 Å². The maximum atomic E-state index is 3.88. The maximum Gasteiger partial charge on any atom is 0.0616 e. The van der Waals surface area contributed by atoms with Crippen molar-refractivity contribution in [1.29, 1.82) is 0 Å². The van der Waals surface area contributed by atoms with Crippen LogP contribution in [0.15, 0.2) is 17.3 Å². The maximum absolute atomic E-state index is 3.88. The van der Waals surface area contributed by atoms with Crippen LogP contribution < -0.4 is 5.43 Å². The van der Waals surface area contributed by atoms with Crippen LogP contribution in [0.5, 0.6) is 0 Å². The lowest BCUT2D eigenvalue weighted by atomic mass is 10.2. The third-order valence-electron chi connectivity index (χ3n) is 1.05. The summed E-state index contributed by atoms with van der Waals surface area (Å²) < 4.78 is 0. The molecule has 0 saturated heterocycles. The number of nitrogens with zero attached hydrogens (tertiary/aromatic N) is 1. The fourth-order valence-corrected chi connectivity index (χ4v) is 0.461. The van der Waals surface area contributed by atoms with Crippen molar-refractivity contribution in [3.8, 4) is 0 Å². The molecular weight excluding hydrogens is 88.1 g/mol. The molecule has 0 fully saturated rings. The highest BCUT2D eigenvalue weighted by Gasteiger charge is 2.02. The van der Waals surface area contributed by atoms with Crippen LogP contribution in [-0.4, -0.2) is 12.3 Å². The second-order valence-electron chi connectivity index (χ2n) is 1.64. The first-order chi connectivity index (χ1) is 3.30. The molecule has 0 spiro atoms. The lowest BCUT2D eigenvalue weighted by Crippen LogP contribution is -1.99. The fraction of sp³-hybridized carbons (Fsp3) is 0.400. The van der Waals surface area contributed by atoms with E-state index in [1.165, 1.54) is 0 Å². The average molecular weight is 96.1 g/mol. The van der Waals surface area contributed by atoms with Crippen LogP contribution in [0.1, 0.15) is 6.92 Å². The Kier molecular flexibility index (Phi) is 0.855. The number of hydrazone groups is 1. The summed E-state index contributed by atoms with van der Waals surface area (Å²) in [7, 11) is 0. The van der Waals surface area contributed by atoms with Crippen LogP contribution in [0.25, 0.3) is 0 Å². The monoisotopic (exact) mass is 96.1 g/mol. The topological polar surface area (TPSA) is 24.4 Å². The molecule has 38 valence electrons. The highest BCUT2D eigenvalue weighted by molar-refractivity contribution is 5.99. The molecule has 7 heavy (non-hydrogen) atoms. The molecule has 1 heterocycles. The molecule has 0 saturated carbocycles. The van der Waals surface area contributed by atoms with Gasteiger partial charge in [0, 0.05) is 0 Å². The standard InChI is InChI=1S/C5H8N2/c1-4-3-6-7-5(4)2/h6H,1,3H2,2H3. The van der Waals surface area contributed by atoms with E-state index >= 15 is 0 Å². The molecule has 0 aliphatic carbocycles. The Morgan fingerprint density at radius 1 is 1.86 bits per heavy atom. The molecule has 1 N–H and O–H groups in total. The van der Waals surface area contributed by atoms with E-state index in [9.17, 15) is 0 Å². The molecule has 0 radical (unpaired) electrons. The van der Waals surface area contributed by atoms with Crippen molar-refractivity contribution in [3.05, 3.63) is 12.2 Å². The Labute approximate surface area is 42.9 Å². The molecule has 0 aromatic heterocycles. The summed E-state index contributed by atoms with van der Waals surface area (Å²) in [5, 5.41) is 3.88. The highest BCUT2D eigenvalue weighted by atomic mass is 15.3. The molecular formula is C5H8N2. The third-order valence-corrected chi connectivity index (χ3v) is 1.05. The van der Waals surface area contributed by atoms with Gasteiger partial charge in [-0.15, -0.1) is 0 Å². The first-order valence-corrected chi connectivity index (χ1v) is 2.26. The van der Waals surface area contributed by atoms with Gasteiger partial charge < -0.3 is 5.43 Å². The zero-order chi connectivity index (χ0) is 5.28. The van der Waals surface area contributed by atoms with E-state index in [1.807, 2.05) is 6.92 Å². The van der Waals surface area contributed by atoms with Gasteiger partial charge in [0.1, 0.15) is 0 Å². The zero-order valence-electron chi connectivity index (χ0n) is 4.36. The Balaban J connectivity index is 2.72. The summed E-state index contributed by atoms with van der Waals surface area (Å²) >= 11 is 0. The Bertz CT molecular complexity index is 124. The number of hydrogen-bond acceptors (Lipinski definition) is 2. The van der Waals surface area contributed by atoms with Gasteiger partial charge in [-0.25, -0.2) is 0 Å². The minimum Gasteiger partial charge on any atom is -0.305 e. The molecule has 2 nitrogen and oxygen atoms in total. The highest BCUT2D eigenvalue weighted by Crippen LogP contribution is 1.97. The number of nitrogens with one attached hydrogen (secondary N) is 1. The van der Waals surface area contributed by atoms with Crippen molar-refractivity contribution < 1.29 is 0 Å². The van der Waals surface area contributed by atoms with Gasteiger partial charge in [-0.2, -0.15) is 5.10 Å². The second-order valence-corrected chi connectivity index (χ2v) is 1.64. The lowest BCUT2D eigenvalue weighted by molar-refractivity contribution is 0.856. The predicted molar refractivity (Wildman–Crippen MR) is 30.3 cm³/mol. The van der Waals surface area contributed by atoms with Crippen LogP contribution >= 0.6 is 0 Å². The summed E-state index contributed by atoms with van der Waals surface area (Å²) in [6, 6.07) is 0. The van der Waals surface area contributed by atoms with Crippen molar-refractivity contribution in [1.82, 2.24) is 5.43 Å². The summed E-state index contributed by atoms with van der Waals surface area (Å²) in [6.45, 7) is 6.51. The van der Waals surface area contributed by atoms with E-state index < -0.39 is 0 Å². The normalized spacial score (nSPS) is 19.0. The van der Waals surface area contributed by atoms with Gasteiger partial charge in [-0.3, -0.25) is 0 Å². The molecule has 0 aromatic rings. The summed E-state index contributed by atoms with van der Waals surface area (Å²) in [6.07, 6.45) is 0. The van der Waals surface area contributed by atoms with Gasteiger partial charge in [0.25, 0.3) is 0 Å². The summed E-state index contributed by atoms with van der Waals surface area (Å²) in [5.41, 5.74) is 4.94. The van der Waals surface area contributed by atoms with Crippen molar-refractivity contribution in [2.24, 2.45) is 5.10 Å². The van der Waals surface area contributed by atoms with E-state index in [4.69, 9.17) is 0 Å². The third kappa shape index (κ3) is 0.633. The number of rotatable bonds is 0. The predicted octanol–water partition coefficient (Wildman–Crippen LogP) is 0.522. The molecule has 0 aromatic carbocycles. The van der Waals surface area contributed by atoms with Crippen molar-refractivity contribution in [2.45, 2.75) is 6.92 Å². The minimum atomic E-state index is 0.825. The molecule has 1 aliphatic heterocycles. The number of hydrogen-bond donors (Lipinski definition) is 1.